The van der Waals surface area contributed by atoms with E-state index in [1.807, 2.05) is 11.3 Å². The second-order valence-electron chi connectivity index (χ2n) is 19.4. The number of nitrogens with zero attached hydrogens (tertiary/aromatic N) is 2. The summed E-state index contributed by atoms with van der Waals surface area (Å²) in [7, 11) is 0. The normalized spacial score (nSPS) is 15.1. The van der Waals surface area contributed by atoms with Gasteiger partial charge in [0, 0.05) is 59.0 Å². The van der Waals surface area contributed by atoms with E-state index in [0.717, 1.165) is 0 Å². The average molecular weight is 753 g/mol. The molecule has 4 heterocycles. The van der Waals surface area contributed by atoms with E-state index >= 15 is 0 Å². The van der Waals surface area contributed by atoms with Crippen molar-refractivity contribution in [2.75, 3.05) is 4.81 Å². The molecule has 12 rings (SSSR count). The first-order valence-electron chi connectivity index (χ1n) is 20.5. The first-order valence-corrected chi connectivity index (χ1v) is 21.4. The topological polar surface area (TPSA) is 8.17 Å². The van der Waals surface area contributed by atoms with Crippen LogP contribution in [0.5, 0.6) is 0 Å². The van der Waals surface area contributed by atoms with Gasteiger partial charge in [0.15, 0.2) is 0 Å². The highest BCUT2D eigenvalue weighted by Crippen LogP contribution is 2.53. The summed E-state index contributed by atoms with van der Waals surface area (Å²) >= 11 is 1.91. The number of hydrogen-bond donors (Lipinski definition) is 0. The maximum Gasteiger partial charge on any atom is 0.333 e. The minimum atomic E-state index is -0.0748. The lowest BCUT2D eigenvalue weighted by molar-refractivity contribution is 0.590. The molecule has 0 saturated heterocycles. The molecule has 0 radical (unpaired) electrons. The van der Waals surface area contributed by atoms with E-state index in [9.17, 15) is 0 Å². The van der Waals surface area contributed by atoms with Crippen molar-refractivity contribution in [2.45, 2.75) is 71.6 Å². The van der Waals surface area contributed by atoms with Crippen molar-refractivity contribution in [1.82, 2.24) is 4.57 Å². The Morgan fingerprint density at radius 1 is 0.526 bits per heavy atom. The maximum absolute atomic E-state index is 2.69. The number of thiophene rings is 1. The lowest BCUT2D eigenvalue weighted by Gasteiger charge is -2.42. The first-order chi connectivity index (χ1) is 27.3. The van der Waals surface area contributed by atoms with Crippen LogP contribution >= 0.6 is 11.3 Å². The van der Waals surface area contributed by atoms with E-state index in [1.165, 1.54) is 114 Å². The molecular weight excluding hydrogens is 707 g/mol. The van der Waals surface area contributed by atoms with Gasteiger partial charge in [-0.2, -0.15) is 0 Å². The average Bonchev–Trinajstić information content (AvgIpc) is 3.80. The number of aromatic nitrogens is 1. The van der Waals surface area contributed by atoms with Crippen LogP contribution in [0, 0.1) is 0 Å². The highest BCUT2D eigenvalue weighted by molar-refractivity contribution is 7.25. The Labute approximate surface area is 339 Å². The van der Waals surface area contributed by atoms with Crippen LogP contribution in [0.2, 0.25) is 0 Å². The highest BCUT2D eigenvalue weighted by atomic mass is 32.1. The molecule has 0 N–H and O–H groups in total. The van der Waals surface area contributed by atoms with Crippen LogP contribution < -0.4 is 15.7 Å². The summed E-state index contributed by atoms with van der Waals surface area (Å²) in [5, 5.41) is 5.35. The van der Waals surface area contributed by atoms with Gasteiger partial charge in [0.05, 0.1) is 11.0 Å². The molecule has 2 nitrogen and oxygen atoms in total. The van der Waals surface area contributed by atoms with Gasteiger partial charge in [0.1, 0.15) is 0 Å². The second kappa shape index (κ2) is 10.9. The van der Waals surface area contributed by atoms with Gasteiger partial charge in [-0.3, -0.25) is 0 Å². The summed E-state index contributed by atoms with van der Waals surface area (Å²) in [4.78, 5) is 2.69. The lowest BCUT2D eigenvalue weighted by atomic mass is 9.43. The predicted molar refractivity (Wildman–Crippen MR) is 248 cm³/mol. The third kappa shape index (κ3) is 4.37. The summed E-state index contributed by atoms with van der Waals surface area (Å²) in [5.74, 6) is 0. The van der Waals surface area contributed by atoms with E-state index in [2.05, 4.69) is 192 Å². The van der Waals surface area contributed by atoms with Crippen molar-refractivity contribution < 1.29 is 0 Å². The van der Waals surface area contributed by atoms with Crippen molar-refractivity contribution in [3.8, 4) is 27.9 Å². The molecule has 0 bridgehead atoms. The maximum atomic E-state index is 2.69. The van der Waals surface area contributed by atoms with Crippen LogP contribution in [0.15, 0.2) is 127 Å². The van der Waals surface area contributed by atoms with E-state index in [0.29, 0.717) is 0 Å². The lowest BCUT2D eigenvalue weighted by Crippen LogP contribution is -2.60. The molecule has 7 aromatic carbocycles. The molecule has 1 aliphatic carbocycles. The first kappa shape index (κ1) is 33.6. The minimum Gasteiger partial charge on any atom is -0.376 e. The van der Waals surface area contributed by atoms with Crippen molar-refractivity contribution in [3.63, 3.8) is 0 Å². The van der Waals surface area contributed by atoms with Gasteiger partial charge in [0.2, 0.25) is 0 Å². The minimum absolute atomic E-state index is 0.00593. The molecule has 57 heavy (non-hydrogen) atoms. The second-order valence-corrected chi connectivity index (χ2v) is 20.5. The fraction of sp³-hybridized carbons (Fsp3) is 0.208. The Bertz CT molecular complexity index is 3230. The molecule has 0 spiro atoms. The molecule has 0 unspecified atom stereocenters. The van der Waals surface area contributed by atoms with Crippen LogP contribution in [0.25, 0.3) is 69.9 Å². The van der Waals surface area contributed by atoms with Gasteiger partial charge in [-0.05, 0) is 109 Å². The molecule has 2 aromatic heterocycles. The number of anilines is 2. The summed E-state index contributed by atoms with van der Waals surface area (Å²) in [6.07, 6.45) is 0. The Morgan fingerprint density at radius 3 is 2.05 bits per heavy atom. The van der Waals surface area contributed by atoms with E-state index in [4.69, 9.17) is 0 Å². The molecule has 4 heteroatoms. The summed E-state index contributed by atoms with van der Waals surface area (Å²) in [6.45, 7) is 18.8. The van der Waals surface area contributed by atoms with Gasteiger partial charge in [-0.25, -0.2) is 0 Å². The van der Waals surface area contributed by atoms with Gasteiger partial charge < -0.3 is 9.38 Å². The van der Waals surface area contributed by atoms with Gasteiger partial charge >= 0.3 is 6.85 Å². The fourth-order valence-electron chi connectivity index (χ4n) is 10.7. The predicted octanol–water partition coefficient (Wildman–Crippen LogP) is 13.3. The van der Waals surface area contributed by atoms with Crippen molar-refractivity contribution in [2.24, 2.45) is 0 Å². The third-order valence-electron chi connectivity index (χ3n) is 13.7. The Morgan fingerprint density at radius 2 is 1.26 bits per heavy atom. The van der Waals surface area contributed by atoms with Crippen LogP contribution in [-0.4, -0.2) is 11.4 Å². The largest absolute Gasteiger partial charge is 0.376 e. The number of rotatable bonds is 1. The number of hydrogen-bond acceptors (Lipinski definition) is 2. The summed E-state index contributed by atoms with van der Waals surface area (Å²) in [6, 6.07) is 49.8. The Hall–Kier alpha value is -5.58. The molecule has 276 valence electrons. The summed E-state index contributed by atoms with van der Waals surface area (Å²) < 4.78 is 5.31. The van der Waals surface area contributed by atoms with Crippen LogP contribution in [-0.2, 0) is 16.2 Å². The number of benzene rings is 7. The SMILES string of the molecule is CC(C)(C)c1ccc(N2B3c4cc(C(C)(C)C)ccc4-n4c5cc6c(cc5c5ccc(c3c54)-c3cc4c(cc32)sc2ccccc24)C(C)(C)c2ccccc2-6)cc1. The van der Waals surface area contributed by atoms with E-state index in [-0.39, 0.29) is 23.1 Å². The van der Waals surface area contributed by atoms with E-state index < -0.39 is 0 Å². The Balaban J connectivity index is 1.24. The van der Waals surface area contributed by atoms with E-state index in [1.54, 1.807) is 0 Å². The van der Waals surface area contributed by atoms with Gasteiger partial charge in [0.25, 0.3) is 0 Å². The van der Waals surface area contributed by atoms with Gasteiger partial charge in [-0.15, -0.1) is 11.3 Å². The van der Waals surface area contributed by atoms with Crippen molar-refractivity contribution in [1.29, 1.82) is 0 Å². The quantitative estimate of drug-likeness (QED) is 0.152. The molecule has 0 atom stereocenters. The summed E-state index contributed by atoms with van der Waals surface area (Å²) in [5.41, 5.74) is 20.1. The molecule has 0 fully saturated rings. The standard InChI is InChI=1S/C53H45BN2S/c1-51(2,3)30-17-20-32(21-18-30)56-46-29-48-40(34-14-10-12-16-47(34)57-48)26-38(46)35-22-23-36-39-27-42-37(33-13-9-11-15-41(33)53(42,7)8)28-45(39)55-44-24-19-31(52(4,5)6)25-43(44)54(56)49(35)50(36)55/h9-29H,1-8H3. The Kier molecular flexibility index (Phi) is 6.40. The zero-order valence-corrected chi connectivity index (χ0v) is 34.8. The number of fused-ring (bicyclic) bond motifs is 14. The fourth-order valence-corrected chi connectivity index (χ4v) is 11.8. The molecule has 0 amide bonds. The van der Waals surface area contributed by atoms with Crippen LogP contribution in [0.1, 0.15) is 77.6 Å². The zero-order valence-electron chi connectivity index (χ0n) is 34.0. The molecular formula is C53H45BN2S. The molecule has 2 aliphatic heterocycles. The van der Waals surface area contributed by atoms with Crippen LogP contribution in [0.3, 0.4) is 0 Å². The monoisotopic (exact) mass is 752 g/mol. The third-order valence-corrected chi connectivity index (χ3v) is 14.8. The molecule has 3 aliphatic rings. The van der Waals surface area contributed by atoms with Crippen LogP contribution in [0.4, 0.5) is 11.4 Å². The zero-order chi connectivity index (χ0) is 38.9. The van der Waals surface area contributed by atoms with Crippen molar-refractivity contribution in [3.05, 3.63) is 150 Å². The molecule has 0 saturated carbocycles. The van der Waals surface area contributed by atoms with Gasteiger partial charge in [-0.1, -0.05) is 134 Å². The van der Waals surface area contributed by atoms with Crippen molar-refractivity contribution >= 4 is 82.5 Å². The highest BCUT2D eigenvalue weighted by Gasteiger charge is 2.45. The molecule has 9 aromatic rings. The smallest absolute Gasteiger partial charge is 0.333 e.